The molecule has 0 bridgehead atoms. The Morgan fingerprint density at radius 3 is 2.67 bits per heavy atom. The van der Waals surface area contributed by atoms with Gasteiger partial charge in [-0.3, -0.25) is 9.59 Å². The van der Waals surface area contributed by atoms with Gasteiger partial charge in [0.05, 0.1) is 18.6 Å². The Kier molecular flexibility index (Phi) is 3.10. The molecule has 18 heavy (non-hydrogen) atoms. The van der Waals surface area contributed by atoms with Gasteiger partial charge in [-0.1, -0.05) is 0 Å². The minimum Gasteiger partial charge on any atom is -0.497 e. The molecule has 1 amide bonds. The Morgan fingerprint density at radius 2 is 2.11 bits per heavy atom. The lowest BCUT2D eigenvalue weighted by molar-refractivity contribution is -0.146. The number of benzene rings is 1. The van der Waals surface area contributed by atoms with Gasteiger partial charge in [-0.2, -0.15) is 0 Å². The number of aliphatic carboxylic acids is 1. The molecule has 0 aliphatic carbocycles. The highest BCUT2D eigenvalue weighted by molar-refractivity contribution is 6.00. The van der Waals surface area contributed by atoms with Crippen LogP contribution in [0.1, 0.15) is 10.4 Å². The molecule has 1 aromatic carbocycles. The number of likely N-dealkylation sites (tertiary alicyclic amines) is 1. The summed E-state index contributed by atoms with van der Waals surface area (Å²) in [5.74, 6) is -1.06. The van der Waals surface area contributed by atoms with Crippen molar-refractivity contribution in [3.05, 3.63) is 23.8 Å². The van der Waals surface area contributed by atoms with E-state index in [4.69, 9.17) is 15.6 Å². The van der Waals surface area contributed by atoms with E-state index in [0.29, 0.717) is 17.0 Å². The van der Waals surface area contributed by atoms with Gasteiger partial charge in [0.2, 0.25) is 0 Å². The van der Waals surface area contributed by atoms with Gasteiger partial charge in [0.25, 0.3) is 5.91 Å². The quantitative estimate of drug-likeness (QED) is 0.759. The van der Waals surface area contributed by atoms with E-state index in [1.165, 1.54) is 12.0 Å². The minimum absolute atomic E-state index is 0.227. The fraction of sp³-hybridized carbons (Fsp3) is 0.333. The number of anilines is 1. The Morgan fingerprint density at radius 1 is 1.44 bits per heavy atom. The van der Waals surface area contributed by atoms with Crippen molar-refractivity contribution in [2.75, 3.05) is 25.9 Å². The third kappa shape index (κ3) is 2.09. The van der Waals surface area contributed by atoms with Crippen molar-refractivity contribution >= 4 is 17.6 Å². The van der Waals surface area contributed by atoms with Crippen LogP contribution in [0.4, 0.5) is 5.69 Å². The Balaban J connectivity index is 2.13. The molecule has 2 rings (SSSR count). The molecule has 1 aliphatic rings. The molecule has 6 heteroatoms. The standard InChI is InChI=1S/C12H14N2O4/c1-18-8-2-3-10(13)9(4-8)11(15)14-5-7(6-14)12(16)17/h2-4,7H,5-6,13H2,1H3,(H,16,17). The third-order valence-electron chi connectivity index (χ3n) is 3.01. The first-order valence-electron chi connectivity index (χ1n) is 5.48. The summed E-state index contributed by atoms with van der Waals surface area (Å²) in [7, 11) is 1.50. The van der Waals surface area contributed by atoms with Gasteiger partial charge >= 0.3 is 5.97 Å². The molecule has 0 spiro atoms. The number of hydrogen-bond acceptors (Lipinski definition) is 4. The van der Waals surface area contributed by atoms with Crippen molar-refractivity contribution < 1.29 is 19.4 Å². The lowest BCUT2D eigenvalue weighted by atomic mass is 9.99. The first-order chi connectivity index (χ1) is 8.52. The van der Waals surface area contributed by atoms with Crippen LogP contribution in [0, 0.1) is 5.92 Å². The van der Waals surface area contributed by atoms with Crippen molar-refractivity contribution in [1.29, 1.82) is 0 Å². The van der Waals surface area contributed by atoms with Crippen LogP contribution in [0.5, 0.6) is 5.75 Å². The number of hydrogen-bond donors (Lipinski definition) is 2. The molecule has 0 unspecified atom stereocenters. The number of nitrogens with two attached hydrogens (primary N) is 1. The van der Waals surface area contributed by atoms with Gasteiger partial charge < -0.3 is 20.5 Å². The number of carbonyl (C=O) groups excluding carboxylic acids is 1. The number of carbonyl (C=O) groups is 2. The van der Waals surface area contributed by atoms with Gasteiger partial charge in [-0.25, -0.2) is 0 Å². The molecule has 1 saturated heterocycles. The molecule has 6 nitrogen and oxygen atoms in total. The van der Waals surface area contributed by atoms with Crippen molar-refractivity contribution in [1.82, 2.24) is 4.90 Å². The van der Waals surface area contributed by atoms with Gasteiger partial charge in [0, 0.05) is 18.8 Å². The molecule has 1 aliphatic heterocycles. The molecule has 1 fully saturated rings. The zero-order chi connectivity index (χ0) is 13.3. The minimum atomic E-state index is -0.877. The lowest BCUT2D eigenvalue weighted by Gasteiger charge is -2.36. The summed E-state index contributed by atoms with van der Waals surface area (Å²) in [6, 6.07) is 4.83. The van der Waals surface area contributed by atoms with Crippen LogP contribution in [0.15, 0.2) is 18.2 Å². The average molecular weight is 250 g/mol. The number of nitrogens with zero attached hydrogens (tertiary/aromatic N) is 1. The molecular weight excluding hydrogens is 236 g/mol. The predicted molar refractivity (Wildman–Crippen MR) is 64.4 cm³/mol. The predicted octanol–water partition coefficient (Wildman–Crippen LogP) is 0.434. The molecule has 3 N–H and O–H groups in total. The smallest absolute Gasteiger partial charge is 0.310 e. The van der Waals surface area contributed by atoms with Crippen LogP contribution in [0.3, 0.4) is 0 Å². The molecule has 0 aromatic heterocycles. The van der Waals surface area contributed by atoms with Crippen LogP contribution in [0.2, 0.25) is 0 Å². The summed E-state index contributed by atoms with van der Waals surface area (Å²) in [5.41, 5.74) is 6.44. The zero-order valence-electron chi connectivity index (χ0n) is 9.92. The number of carboxylic acids is 1. The van der Waals surface area contributed by atoms with E-state index < -0.39 is 11.9 Å². The van der Waals surface area contributed by atoms with Gasteiger partial charge in [0.1, 0.15) is 5.75 Å². The summed E-state index contributed by atoms with van der Waals surface area (Å²) < 4.78 is 5.03. The zero-order valence-corrected chi connectivity index (χ0v) is 9.92. The lowest BCUT2D eigenvalue weighted by Crippen LogP contribution is -2.53. The highest BCUT2D eigenvalue weighted by atomic mass is 16.5. The Labute approximate surface area is 104 Å². The fourth-order valence-electron chi connectivity index (χ4n) is 1.82. The van der Waals surface area contributed by atoms with E-state index in [-0.39, 0.29) is 19.0 Å². The average Bonchev–Trinajstić information content (AvgIpc) is 2.27. The van der Waals surface area contributed by atoms with Crippen molar-refractivity contribution in [2.24, 2.45) is 5.92 Å². The monoisotopic (exact) mass is 250 g/mol. The van der Waals surface area contributed by atoms with E-state index in [2.05, 4.69) is 0 Å². The van der Waals surface area contributed by atoms with Gasteiger partial charge in [0.15, 0.2) is 0 Å². The van der Waals surface area contributed by atoms with Crippen molar-refractivity contribution in [2.45, 2.75) is 0 Å². The highest BCUT2D eigenvalue weighted by Gasteiger charge is 2.36. The van der Waals surface area contributed by atoms with E-state index in [9.17, 15) is 9.59 Å². The van der Waals surface area contributed by atoms with E-state index >= 15 is 0 Å². The number of nitrogen functional groups attached to an aromatic ring is 1. The second kappa shape index (κ2) is 4.56. The Hall–Kier alpha value is -2.24. The number of ether oxygens (including phenoxy) is 1. The topological polar surface area (TPSA) is 92.9 Å². The maximum absolute atomic E-state index is 12.1. The van der Waals surface area contributed by atoms with E-state index in [1.54, 1.807) is 18.2 Å². The maximum atomic E-state index is 12.1. The summed E-state index contributed by atoms with van der Waals surface area (Å²) in [4.78, 5) is 24.2. The normalized spacial score (nSPS) is 15.1. The van der Waals surface area contributed by atoms with Crippen LogP contribution >= 0.6 is 0 Å². The van der Waals surface area contributed by atoms with Crippen LogP contribution in [-0.4, -0.2) is 42.1 Å². The molecule has 0 atom stereocenters. The van der Waals surface area contributed by atoms with E-state index in [1.807, 2.05) is 0 Å². The molecule has 0 saturated carbocycles. The molecule has 1 aromatic rings. The van der Waals surface area contributed by atoms with Gasteiger partial charge in [-0.05, 0) is 18.2 Å². The number of amides is 1. The second-order valence-corrected chi connectivity index (χ2v) is 4.20. The summed E-state index contributed by atoms with van der Waals surface area (Å²) in [6.07, 6.45) is 0. The van der Waals surface area contributed by atoms with Crippen molar-refractivity contribution in [3.8, 4) is 5.75 Å². The SMILES string of the molecule is COc1ccc(N)c(C(=O)N2CC(C(=O)O)C2)c1. The van der Waals surface area contributed by atoms with Crippen LogP contribution in [0.25, 0.3) is 0 Å². The fourth-order valence-corrected chi connectivity index (χ4v) is 1.82. The van der Waals surface area contributed by atoms with Gasteiger partial charge in [-0.15, -0.1) is 0 Å². The van der Waals surface area contributed by atoms with Crippen molar-refractivity contribution in [3.63, 3.8) is 0 Å². The first-order valence-corrected chi connectivity index (χ1v) is 5.48. The maximum Gasteiger partial charge on any atom is 0.310 e. The molecule has 1 heterocycles. The number of carboxylic acid groups (broad SMARTS) is 1. The molecule has 0 radical (unpaired) electrons. The largest absolute Gasteiger partial charge is 0.497 e. The summed E-state index contributed by atoms with van der Waals surface area (Å²) in [5, 5.41) is 8.76. The molecular formula is C12H14N2O4. The number of methoxy groups -OCH3 is 1. The second-order valence-electron chi connectivity index (χ2n) is 4.20. The molecule has 96 valence electrons. The highest BCUT2D eigenvalue weighted by Crippen LogP contribution is 2.24. The summed E-state index contributed by atoms with van der Waals surface area (Å²) >= 11 is 0. The first kappa shape index (κ1) is 12.2. The Bertz CT molecular complexity index is 495. The van der Waals surface area contributed by atoms with Crippen LogP contribution in [-0.2, 0) is 4.79 Å². The van der Waals surface area contributed by atoms with E-state index in [0.717, 1.165) is 0 Å². The van der Waals surface area contributed by atoms with Crippen LogP contribution < -0.4 is 10.5 Å². The summed E-state index contributed by atoms with van der Waals surface area (Å²) in [6.45, 7) is 0.454. The third-order valence-corrected chi connectivity index (χ3v) is 3.01. The number of rotatable bonds is 3.